The lowest BCUT2D eigenvalue weighted by Gasteiger charge is -2.34. The number of aromatic hydroxyl groups is 2. The van der Waals surface area contributed by atoms with E-state index in [1.54, 1.807) is 12.1 Å². The van der Waals surface area contributed by atoms with Crippen LogP contribution in [0.3, 0.4) is 0 Å². The summed E-state index contributed by atoms with van der Waals surface area (Å²) >= 11 is 0. The van der Waals surface area contributed by atoms with E-state index < -0.39 is 17.6 Å². The first-order chi connectivity index (χ1) is 18.1. The van der Waals surface area contributed by atoms with Gasteiger partial charge in [-0.15, -0.1) is 0 Å². The molecule has 5 N–H and O–H groups in total. The van der Waals surface area contributed by atoms with Crippen molar-refractivity contribution in [3.8, 4) is 11.5 Å². The molecule has 2 aromatic carbocycles. The molecule has 1 amide bonds. The van der Waals surface area contributed by atoms with Gasteiger partial charge in [0, 0.05) is 50.4 Å². The van der Waals surface area contributed by atoms with Crippen molar-refractivity contribution in [3.63, 3.8) is 0 Å². The second-order valence-corrected chi connectivity index (χ2v) is 10.3. The highest BCUT2D eigenvalue weighted by Gasteiger charge is 2.31. The summed E-state index contributed by atoms with van der Waals surface area (Å²) in [6.45, 7) is 10.8. The number of rotatable bonds is 7. The number of phenols is 2. The van der Waals surface area contributed by atoms with Gasteiger partial charge in [-0.05, 0) is 49.1 Å². The number of hydrogen-bond acceptors (Lipinski definition) is 7. The summed E-state index contributed by atoms with van der Waals surface area (Å²) in [4.78, 5) is 18.4. The van der Waals surface area contributed by atoms with Gasteiger partial charge < -0.3 is 20.4 Å². The molecule has 204 valence electrons. The van der Waals surface area contributed by atoms with Crippen LogP contribution in [0, 0.1) is 16.6 Å². The number of anilines is 1. The second kappa shape index (κ2) is 11.5. The van der Waals surface area contributed by atoms with Gasteiger partial charge in [-0.3, -0.25) is 25.4 Å². The van der Waals surface area contributed by atoms with Crippen LogP contribution in [-0.4, -0.2) is 76.4 Å². The van der Waals surface area contributed by atoms with E-state index in [0.29, 0.717) is 17.7 Å². The molecule has 38 heavy (non-hydrogen) atoms. The largest absolute Gasteiger partial charge is 0.508 e. The number of piperazine rings is 1. The number of carbonyl (C=O) groups is 1. The van der Waals surface area contributed by atoms with E-state index >= 15 is 4.39 Å². The van der Waals surface area contributed by atoms with Crippen molar-refractivity contribution in [1.29, 1.82) is 10.8 Å². The van der Waals surface area contributed by atoms with Crippen LogP contribution in [0.25, 0.3) is 0 Å². The number of nitrogens with one attached hydrogen (secondary N) is 3. The van der Waals surface area contributed by atoms with Crippen LogP contribution in [0.4, 0.5) is 10.1 Å². The normalized spacial score (nSPS) is 16.4. The zero-order valence-corrected chi connectivity index (χ0v) is 22.2. The van der Waals surface area contributed by atoms with E-state index in [9.17, 15) is 15.0 Å². The molecule has 2 fully saturated rings. The Kier molecular flexibility index (Phi) is 8.32. The Morgan fingerprint density at radius 2 is 1.74 bits per heavy atom. The molecule has 0 atom stereocenters. The maximum Gasteiger partial charge on any atom is 0.287 e. The van der Waals surface area contributed by atoms with Gasteiger partial charge >= 0.3 is 0 Å². The third-order valence-electron chi connectivity index (χ3n) is 7.20. The molecule has 1 aliphatic heterocycles. The van der Waals surface area contributed by atoms with Crippen molar-refractivity contribution < 1.29 is 19.4 Å². The fraction of sp³-hybridized carbons (Fsp3) is 0.464. The summed E-state index contributed by atoms with van der Waals surface area (Å²) in [5.41, 5.74) is 1.14. The Labute approximate surface area is 222 Å². The zero-order chi connectivity index (χ0) is 27.6. The molecule has 2 aromatic rings. The number of nitrogens with zero attached hydrogens (tertiary/aromatic N) is 3. The monoisotopic (exact) mass is 524 g/mol. The third-order valence-corrected chi connectivity index (χ3v) is 7.20. The van der Waals surface area contributed by atoms with Gasteiger partial charge in [0.15, 0.2) is 5.84 Å². The fourth-order valence-corrected chi connectivity index (χ4v) is 4.63. The quantitative estimate of drug-likeness (QED) is 0.278. The van der Waals surface area contributed by atoms with Crippen LogP contribution in [0.15, 0.2) is 30.3 Å². The molecule has 1 aliphatic carbocycles. The first kappa shape index (κ1) is 27.5. The van der Waals surface area contributed by atoms with Crippen LogP contribution in [0.5, 0.6) is 11.5 Å². The van der Waals surface area contributed by atoms with Crippen molar-refractivity contribution in [2.45, 2.75) is 52.1 Å². The number of amides is 1. The van der Waals surface area contributed by atoms with Gasteiger partial charge in [0.25, 0.3) is 5.91 Å². The number of likely N-dealkylation sites (N-methyl/N-ethyl adjacent to an activating group) is 1. The molecule has 9 nitrogen and oxygen atoms in total. The van der Waals surface area contributed by atoms with Crippen LogP contribution in [-0.2, 0) is 11.3 Å². The van der Waals surface area contributed by atoms with Crippen LogP contribution >= 0.6 is 0 Å². The highest BCUT2D eigenvalue weighted by Crippen LogP contribution is 2.34. The Bertz CT molecular complexity index is 1220. The number of phenolic OH excluding ortho intramolecular Hbond substituents is 2. The van der Waals surface area contributed by atoms with Gasteiger partial charge in [-0.25, -0.2) is 4.39 Å². The van der Waals surface area contributed by atoms with E-state index in [-0.39, 0.29) is 40.5 Å². The van der Waals surface area contributed by atoms with Gasteiger partial charge in [0.1, 0.15) is 23.2 Å². The molecule has 10 heteroatoms. The van der Waals surface area contributed by atoms with Crippen molar-refractivity contribution in [2.75, 3.05) is 37.6 Å². The average molecular weight is 525 g/mol. The molecule has 0 unspecified atom stereocenters. The van der Waals surface area contributed by atoms with Gasteiger partial charge in [-0.2, -0.15) is 0 Å². The summed E-state index contributed by atoms with van der Waals surface area (Å²) in [6.07, 6.45) is 1.64. The molecule has 4 rings (SSSR count). The predicted molar refractivity (Wildman–Crippen MR) is 146 cm³/mol. The minimum atomic E-state index is -0.683. The Hall–Kier alpha value is -3.50. The third kappa shape index (κ3) is 6.14. The number of halogens is 1. The highest BCUT2D eigenvalue weighted by atomic mass is 19.1. The first-order valence-electron chi connectivity index (χ1n) is 13.2. The lowest BCUT2D eigenvalue weighted by atomic mass is 9.98. The number of carbonyl (C=O) groups excluding carboxylic acids is 1. The van der Waals surface area contributed by atoms with Gasteiger partial charge in [0.05, 0.1) is 11.3 Å². The molecule has 0 radical (unpaired) electrons. The maximum absolute atomic E-state index is 15.4. The fourth-order valence-electron chi connectivity index (χ4n) is 4.63. The number of hydrogen-bond donors (Lipinski definition) is 5. The zero-order valence-electron chi connectivity index (χ0n) is 22.2. The SMILES string of the molecule is CCN1CCN(Cc2ccc(N(C(=N)C(=O)NC3CC3)C(=N)c3cc(C(C)C)c(O)cc3O)cc2F)CC1. The second-order valence-electron chi connectivity index (χ2n) is 10.3. The van der Waals surface area contributed by atoms with Crippen molar-refractivity contribution >= 4 is 23.3 Å². The van der Waals surface area contributed by atoms with Gasteiger partial charge in [0.2, 0.25) is 0 Å². The molecule has 0 bridgehead atoms. The van der Waals surface area contributed by atoms with E-state index in [2.05, 4.69) is 22.0 Å². The molecular weight excluding hydrogens is 487 g/mol. The maximum atomic E-state index is 15.4. The minimum Gasteiger partial charge on any atom is -0.508 e. The van der Waals surface area contributed by atoms with Crippen LogP contribution in [0.2, 0.25) is 0 Å². The minimum absolute atomic E-state index is 0.0132. The Morgan fingerprint density at radius 1 is 1.08 bits per heavy atom. The highest BCUT2D eigenvalue weighted by molar-refractivity contribution is 6.48. The molecule has 0 aromatic heterocycles. The summed E-state index contributed by atoms with van der Waals surface area (Å²) in [5.74, 6) is -2.70. The van der Waals surface area contributed by atoms with E-state index in [1.807, 2.05) is 13.8 Å². The molecule has 1 saturated heterocycles. The first-order valence-corrected chi connectivity index (χ1v) is 13.2. The smallest absolute Gasteiger partial charge is 0.287 e. The number of amidine groups is 2. The lowest BCUT2D eigenvalue weighted by molar-refractivity contribution is -0.115. The van der Waals surface area contributed by atoms with E-state index in [1.165, 1.54) is 12.1 Å². The molecule has 1 saturated carbocycles. The average Bonchev–Trinajstić information content (AvgIpc) is 3.69. The van der Waals surface area contributed by atoms with E-state index in [4.69, 9.17) is 10.8 Å². The number of benzene rings is 2. The topological polar surface area (TPSA) is 127 Å². The Morgan fingerprint density at radius 3 is 2.32 bits per heavy atom. The summed E-state index contributed by atoms with van der Waals surface area (Å²) in [6, 6.07) is 7.05. The molecule has 1 heterocycles. The van der Waals surface area contributed by atoms with Gasteiger partial charge in [-0.1, -0.05) is 26.8 Å². The van der Waals surface area contributed by atoms with Crippen molar-refractivity contribution in [1.82, 2.24) is 15.1 Å². The lowest BCUT2D eigenvalue weighted by Crippen LogP contribution is -2.46. The summed E-state index contributed by atoms with van der Waals surface area (Å²) < 4.78 is 15.4. The predicted octanol–water partition coefficient (Wildman–Crippen LogP) is 3.59. The van der Waals surface area contributed by atoms with Crippen molar-refractivity contribution in [2.24, 2.45) is 0 Å². The standard InChI is InChI=1S/C28H37FN6O3/c1-4-33-9-11-34(12-10-33)16-18-5-8-20(13-23(18)29)35(27(31)28(38)32-19-6-7-19)26(30)22-14-21(17(2)3)24(36)15-25(22)37/h5,8,13-15,17,19,30-31,36-37H,4,6-7,9-12,16H2,1-3H3,(H,32,38). The van der Waals surface area contributed by atoms with E-state index in [0.717, 1.165) is 56.5 Å². The molecule has 2 aliphatic rings. The Balaban J connectivity index is 1.65. The van der Waals surface area contributed by atoms with Crippen molar-refractivity contribution in [3.05, 3.63) is 52.8 Å². The van der Waals surface area contributed by atoms with Crippen LogP contribution < -0.4 is 10.2 Å². The molecular formula is C28H37FN6O3. The summed E-state index contributed by atoms with van der Waals surface area (Å²) in [5, 5.41) is 41.1. The van der Waals surface area contributed by atoms with Crippen LogP contribution in [0.1, 0.15) is 56.2 Å². The summed E-state index contributed by atoms with van der Waals surface area (Å²) in [7, 11) is 0. The molecule has 0 spiro atoms.